The number of benzene rings is 2. The normalized spacial score (nSPS) is 25.1. The average molecular weight is 370 g/mol. The topological polar surface area (TPSA) is 54.0 Å². The van der Waals surface area contributed by atoms with Crippen molar-refractivity contribution in [3.8, 4) is 0 Å². The molecule has 1 aliphatic rings. The van der Waals surface area contributed by atoms with Crippen LogP contribution in [0.25, 0.3) is 0 Å². The highest BCUT2D eigenvalue weighted by molar-refractivity contribution is 5.66. The van der Waals surface area contributed by atoms with Crippen LogP contribution in [0.2, 0.25) is 0 Å². The van der Waals surface area contributed by atoms with Gasteiger partial charge in [0.15, 0.2) is 0 Å². The molecule has 0 aliphatic carbocycles. The molecule has 0 amide bonds. The highest BCUT2D eigenvalue weighted by atomic mass is 16.7. The summed E-state index contributed by atoms with van der Waals surface area (Å²) in [5.41, 5.74) is 2.18. The minimum absolute atomic E-state index is 0.234. The zero-order chi connectivity index (χ0) is 19.1. The minimum Gasteiger partial charge on any atom is -0.436 e. The van der Waals surface area contributed by atoms with Crippen LogP contribution in [0.5, 0.6) is 0 Å². The van der Waals surface area contributed by atoms with Crippen LogP contribution in [0, 0.1) is 0 Å². The number of rotatable bonds is 7. The van der Waals surface area contributed by atoms with Crippen LogP contribution < -0.4 is 0 Å². The van der Waals surface area contributed by atoms with Gasteiger partial charge in [0.05, 0.1) is 25.4 Å². The summed E-state index contributed by atoms with van der Waals surface area (Å²) in [5.74, 6) is -0.363. The number of hydrogen-bond donors (Lipinski definition) is 0. The summed E-state index contributed by atoms with van der Waals surface area (Å²) >= 11 is 0. The Morgan fingerprint density at radius 2 is 1.52 bits per heavy atom. The first kappa shape index (κ1) is 19.5. The first-order valence-corrected chi connectivity index (χ1v) is 9.25. The van der Waals surface area contributed by atoms with Crippen LogP contribution >= 0.6 is 0 Å². The number of ether oxygens (including phenoxy) is 4. The molecular weight excluding hydrogens is 344 g/mol. The van der Waals surface area contributed by atoms with Gasteiger partial charge < -0.3 is 18.9 Å². The second-order valence-electron chi connectivity index (χ2n) is 6.71. The highest BCUT2D eigenvalue weighted by Crippen LogP contribution is 2.27. The van der Waals surface area contributed by atoms with Gasteiger partial charge in [0, 0.05) is 13.3 Å². The van der Waals surface area contributed by atoms with E-state index in [2.05, 4.69) is 0 Å². The Morgan fingerprint density at radius 3 is 2.07 bits per heavy atom. The van der Waals surface area contributed by atoms with E-state index >= 15 is 0 Å². The molecule has 3 rings (SSSR count). The number of hydrogen-bond acceptors (Lipinski definition) is 5. The van der Waals surface area contributed by atoms with Crippen molar-refractivity contribution in [2.24, 2.45) is 0 Å². The highest BCUT2D eigenvalue weighted by Gasteiger charge is 2.39. The van der Waals surface area contributed by atoms with Crippen molar-refractivity contribution in [3.05, 3.63) is 71.8 Å². The largest absolute Gasteiger partial charge is 0.436 e. The predicted octanol–water partition coefficient (Wildman–Crippen LogP) is 3.86. The second kappa shape index (κ2) is 9.65. The molecule has 2 aromatic rings. The number of carbonyl (C=O) groups is 1. The summed E-state index contributed by atoms with van der Waals surface area (Å²) in [7, 11) is 0. The molecule has 144 valence electrons. The fourth-order valence-corrected chi connectivity index (χ4v) is 3.21. The van der Waals surface area contributed by atoms with Gasteiger partial charge in [-0.2, -0.15) is 0 Å². The van der Waals surface area contributed by atoms with Gasteiger partial charge in [0.1, 0.15) is 6.10 Å². The second-order valence-corrected chi connectivity index (χ2v) is 6.71. The number of esters is 1. The SMILES string of the molecule is CC(=O)O[C@@H]1C[C@@H](OCc2ccccc2)[C@H](OCc2ccccc2)[C@@H](C)O1. The summed E-state index contributed by atoms with van der Waals surface area (Å²) in [6.07, 6.45) is -0.916. The third kappa shape index (κ3) is 5.89. The van der Waals surface area contributed by atoms with Crippen molar-refractivity contribution < 1.29 is 23.7 Å². The van der Waals surface area contributed by atoms with Crippen molar-refractivity contribution in [2.45, 2.75) is 58.1 Å². The van der Waals surface area contributed by atoms with E-state index in [1.165, 1.54) is 6.92 Å². The fraction of sp³-hybridized carbons (Fsp3) is 0.409. The zero-order valence-electron chi connectivity index (χ0n) is 15.7. The molecule has 5 heteroatoms. The van der Waals surface area contributed by atoms with Crippen LogP contribution in [0.1, 0.15) is 31.4 Å². The molecule has 1 heterocycles. The third-order valence-electron chi connectivity index (χ3n) is 4.51. The Morgan fingerprint density at radius 1 is 0.963 bits per heavy atom. The van der Waals surface area contributed by atoms with Gasteiger partial charge in [-0.3, -0.25) is 4.79 Å². The first-order valence-electron chi connectivity index (χ1n) is 9.25. The lowest BCUT2D eigenvalue weighted by molar-refractivity contribution is -0.259. The van der Waals surface area contributed by atoms with E-state index in [1.807, 2.05) is 67.6 Å². The lowest BCUT2D eigenvalue weighted by Crippen LogP contribution is -2.50. The van der Waals surface area contributed by atoms with Gasteiger partial charge in [0.25, 0.3) is 0 Å². The van der Waals surface area contributed by atoms with E-state index in [9.17, 15) is 4.79 Å². The average Bonchev–Trinajstić information content (AvgIpc) is 2.66. The molecule has 1 fully saturated rings. The maximum atomic E-state index is 11.3. The van der Waals surface area contributed by atoms with E-state index in [-0.39, 0.29) is 24.3 Å². The Hall–Kier alpha value is -2.21. The Balaban J connectivity index is 1.66. The number of carbonyl (C=O) groups excluding carboxylic acids is 1. The minimum atomic E-state index is -0.616. The van der Waals surface area contributed by atoms with E-state index in [0.29, 0.717) is 19.6 Å². The van der Waals surface area contributed by atoms with Crippen LogP contribution in [0.3, 0.4) is 0 Å². The van der Waals surface area contributed by atoms with Gasteiger partial charge >= 0.3 is 5.97 Å². The van der Waals surface area contributed by atoms with Crippen LogP contribution in [0.4, 0.5) is 0 Å². The molecule has 0 saturated carbocycles. The molecule has 0 bridgehead atoms. The molecule has 0 radical (unpaired) electrons. The van der Waals surface area contributed by atoms with E-state index in [4.69, 9.17) is 18.9 Å². The van der Waals surface area contributed by atoms with Crippen molar-refractivity contribution in [1.82, 2.24) is 0 Å². The van der Waals surface area contributed by atoms with E-state index in [1.54, 1.807) is 0 Å². The Kier molecular flexibility index (Phi) is 6.98. The maximum Gasteiger partial charge on any atom is 0.304 e. The molecule has 27 heavy (non-hydrogen) atoms. The summed E-state index contributed by atoms with van der Waals surface area (Å²) in [6, 6.07) is 20.0. The fourth-order valence-electron chi connectivity index (χ4n) is 3.21. The maximum absolute atomic E-state index is 11.3. The van der Waals surface area contributed by atoms with Crippen molar-refractivity contribution in [2.75, 3.05) is 0 Å². The van der Waals surface area contributed by atoms with Crippen molar-refractivity contribution in [1.29, 1.82) is 0 Å². The van der Waals surface area contributed by atoms with Gasteiger partial charge in [-0.25, -0.2) is 0 Å². The van der Waals surface area contributed by atoms with Gasteiger partial charge in [-0.1, -0.05) is 60.7 Å². The lowest BCUT2D eigenvalue weighted by Gasteiger charge is -2.39. The summed E-state index contributed by atoms with van der Waals surface area (Å²) in [4.78, 5) is 11.3. The summed E-state index contributed by atoms with van der Waals surface area (Å²) in [6.45, 7) is 4.24. The van der Waals surface area contributed by atoms with E-state index in [0.717, 1.165) is 11.1 Å². The zero-order valence-corrected chi connectivity index (χ0v) is 15.7. The molecular formula is C22H26O5. The molecule has 0 unspecified atom stereocenters. The van der Waals surface area contributed by atoms with Crippen molar-refractivity contribution in [3.63, 3.8) is 0 Å². The van der Waals surface area contributed by atoms with E-state index < -0.39 is 6.29 Å². The molecule has 1 saturated heterocycles. The third-order valence-corrected chi connectivity index (χ3v) is 4.51. The molecule has 0 N–H and O–H groups in total. The van der Waals surface area contributed by atoms with Crippen LogP contribution in [0.15, 0.2) is 60.7 Å². The first-order chi connectivity index (χ1) is 13.1. The monoisotopic (exact) mass is 370 g/mol. The van der Waals surface area contributed by atoms with Crippen LogP contribution in [-0.4, -0.2) is 30.6 Å². The lowest BCUT2D eigenvalue weighted by atomic mass is 10.0. The predicted molar refractivity (Wildman–Crippen MR) is 101 cm³/mol. The van der Waals surface area contributed by atoms with Gasteiger partial charge in [-0.15, -0.1) is 0 Å². The molecule has 5 nitrogen and oxygen atoms in total. The molecule has 0 spiro atoms. The van der Waals surface area contributed by atoms with Crippen molar-refractivity contribution >= 4 is 5.97 Å². The molecule has 1 aliphatic heterocycles. The van der Waals surface area contributed by atoms with Gasteiger partial charge in [0.2, 0.25) is 6.29 Å². The Labute approximate surface area is 160 Å². The Bertz CT molecular complexity index is 703. The smallest absolute Gasteiger partial charge is 0.304 e. The molecule has 4 atom stereocenters. The summed E-state index contributed by atoms with van der Waals surface area (Å²) < 4.78 is 23.4. The quantitative estimate of drug-likeness (QED) is 0.693. The standard InChI is InChI=1S/C22H26O5/c1-16-22(25-15-19-11-7-4-8-12-19)20(13-21(26-16)27-17(2)23)24-14-18-9-5-3-6-10-18/h3-12,16,20-22H,13-15H2,1-2H3/t16-,20-,21-,22-/m1/s1. The van der Waals surface area contributed by atoms with Crippen LogP contribution in [-0.2, 0) is 37.0 Å². The molecule has 2 aromatic carbocycles. The molecule has 0 aromatic heterocycles. The van der Waals surface area contributed by atoms with Gasteiger partial charge in [-0.05, 0) is 18.1 Å². The summed E-state index contributed by atoms with van der Waals surface area (Å²) in [5, 5.41) is 0.